The first kappa shape index (κ1) is 12.0. The number of aryl methyl sites for hydroxylation is 1. The molecule has 1 unspecified atom stereocenters. The van der Waals surface area contributed by atoms with Gasteiger partial charge in [0.05, 0.1) is 11.0 Å². The fourth-order valence-electron chi connectivity index (χ4n) is 2.05. The van der Waals surface area contributed by atoms with Gasteiger partial charge in [-0.1, -0.05) is 13.3 Å². The van der Waals surface area contributed by atoms with Crippen molar-refractivity contribution in [1.29, 1.82) is 0 Å². The SMILES string of the molecule is CCC(CN)Cc1nc2ccc(F)cc2n1C. The van der Waals surface area contributed by atoms with Crippen LogP contribution >= 0.6 is 0 Å². The molecule has 0 aliphatic heterocycles. The molecule has 0 fully saturated rings. The van der Waals surface area contributed by atoms with Crippen LogP contribution in [-0.2, 0) is 13.5 Å². The van der Waals surface area contributed by atoms with E-state index in [2.05, 4.69) is 11.9 Å². The van der Waals surface area contributed by atoms with Crippen LogP contribution in [0.2, 0.25) is 0 Å². The van der Waals surface area contributed by atoms with Crippen LogP contribution < -0.4 is 5.73 Å². The average molecular weight is 235 g/mol. The number of hydrogen-bond acceptors (Lipinski definition) is 2. The molecule has 1 aromatic carbocycles. The molecule has 4 heteroatoms. The summed E-state index contributed by atoms with van der Waals surface area (Å²) in [6, 6.07) is 4.69. The minimum atomic E-state index is -0.224. The van der Waals surface area contributed by atoms with Crippen molar-refractivity contribution in [3.63, 3.8) is 0 Å². The minimum Gasteiger partial charge on any atom is -0.331 e. The summed E-state index contributed by atoms with van der Waals surface area (Å²) in [6.07, 6.45) is 1.88. The maximum atomic E-state index is 13.2. The molecule has 0 spiro atoms. The maximum absolute atomic E-state index is 13.2. The second-order valence-corrected chi connectivity index (χ2v) is 4.43. The monoisotopic (exact) mass is 235 g/mol. The zero-order chi connectivity index (χ0) is 12.4. The van der Waals surface area contributed by atoms with Gasteiger partial charge in [-0.15, -0.1) is 0 Å². The normalized spacial score (nSPS) is 13.2. The van der Waals surface area contributed by atoms with Gasteiger partial charge >= 0.3 is 0 Å². The third-order valence-corrected chi connectivity index (χ3v) is 3.32. The lowest BCUT2D eigenvalue weighted by Crippen LogP contribution is -2.17. The van der Waals surface area contributed by atoms with Gasteiger partial charge < -0.3 is 10.3 Å². The number of fused-ring (bicyclic) bond motifs is 1. The first-order valence-corrected chi connectivity index (χ1v) is 5.96. The lowest BCUT2D eigenvalue weighted by Gasteiger charge is -2.11. The lowest BCUT2D eigenvalue weighted by molar-refractivity contribution is 0.499. The Hall–Kier alpha value is -1.42. The van der Waals surface area contributed by atoms with Gasteiger partial charge in [0, 0.05) is 13.5 Å². The largest absolute Gasteiger partial charge is 0.331 e. The smallest absolute Gasteiger partial charge is 0.125 e. The average Bonchev–Trinajstić information content (AvgIpc) is 2.63. The summed E-state index contributed by atoms with van der Waals surface area (Å²) >= 11 is 0. The second kappa shape index (κ2) is 4.84. The molecule has 2 N–H and O–H groups in total. The zero-order valence-corrected chi connectivity index (χ0v) is 10.3. The highest BCUT2D eigenvalue weighted by molar-refractivity contribution is 5.75. The molecule has 2 aromatic rings. The molecule has 0 bridgehead atoms. The first-order valence-electron chi connectivity index (χ1n) is 5.96. The fraction of sp³-hybridized carbons (Fsp3) is 0.462. The van der Waals surface area contributed by atoms with E-state index in [1.165, 1.54) is 12.1 Å². The van der Waals surface area contributed by atoms with Crippen LogP contribution in [0.3, 0.4) is 0 Å². The Kier molecular flexibility index (Phi) is 3.43. The van der Waals surface area contributed by atoms with Crippen molar-refractivity contribution in [3.8, 4) is 0 Å². The molecule has 3 nitrogen and oxygen atoms in total. The summed E-state index contributed by atoms with van der Waals surface area (Å²) in [6.45, 7) is 2.79. The van der Waals surface area contributed by atoms with E-state index in [1.54, 1.807) is 6.07 Å². The van der Waals surface area contributed by atoms with E-state index < -0.39 is 0 Å². The number of nitrogens with zero attached hydrogens (tertiary/aromatic N) is 2. The van der Waals surface area contributed by atoms with E-state index in [4.69, 9.17) is 5.73 Å². The predicted molar refractivity (Wildman–Crippen MR) is 67.2 cm³/mol. The van der Waals surface area contributed by atoms with E-state index in [-0.39, 0.29) is 5.82 Å². The van der Waals surface area contributed by atoms with Crippen LogP contribution in [0.4, 0.5) is 4.39 Å². The molecule has 0 aliphatic rings. The first-order chi connectivity index (χ1) is 8.15. The number of nitrogens with two attached hydrogens (primary N) is 1. The van der Waals surface area contributed by atoms with E-state index in [1.807, 2.05) is 11.6 Å². The molecule has 0 amide bonds. The molecule has 1 aromatic heterocycles. The van der Waals surface area contributed by atoms with Crippen molar-refractivity contribution in [1.82, 2.24) is 9.55 Å². The van der Waals surface area contributed by atoms with Crippen molar-refractivity contribution in [3.05, 3.63) is 29.8 Å². The van der Waals surface area contributed by atoms with Crippen molar-refractivity contribution in [2.24, 2.45) is 18.7 Å². The van der Waals surface area contributed by atoms with Crippen molar-refractivity contribution in [2.75, 3.05) is 6.54 Å². The van der Waals surface area contributed by atoms with Gasteiger partial charge in [-0.3, -0.25) is 0 Å². The van der Waals surface area contributed by atoms with Crippen LogP contribution in [-0.4, -0.2) is 16.1 Å². The Morgan fingerprint density at radius 2 is 2.24 bits per heavy atom. The summed E-state index contributed by atoms with van der Waals surface area (Å²) in [5.41, 5.74) is 7.39. The molecule has 1 heterocycles. The van der Waals surface area contributed by atoms with E-state index in [0.717, 1.165) is 29.7 Å². The van der Waals surface area contributed by atoms with Crippen molar-refractivity contribution in [2.45, 2.75) is 19.8 Å². The Balaban J connectivity index is 2.38. The van der Waals surface area contributed by atoms with Crippen LogP contribution in [0.5, 0.6) is 0 Å². The second-order valence-electron chi connectivity index (χ2n) is 4.43. The van der Waals surface area contributed by atoms with Crippen LogP contribution in [0.25, 0.3) is 11.0 Å². The highest BCUT2D eigenvalue weighted by Crippen LogP contribution is 2.18. The molecule has 0 radical (unpaired) electrons. The van der Waals surface area contributed by atoms with Gasteiger partial charge in [0.2, 0.25) is 0 Å². The van der Waals surface area contributed by atoms with E-state index in [0.29, 0.717) is 12.5 Å². The van der Waals surface area contributed by atoms with Crippen molar-refractivity contribution >= 4 is 11.0 Å². The third kappa shape index (κ3) is 2.31. The van der Waals surface area contributed by atoms with Crippen molar-refractivity contribution < 1.29 is 4.39 Å². The highest BCUT2D eigenvalue weighted by Gasteiger charge is 2.12. The van der Waals surface area contributed by atoms with Gasteiger partial charge in [0.25, 0.3) is 0 Å². The number of rotatable bonds is 4. The van der Waals surface area contributed by atoms with Crippen LogP contribution in [0.15, 0.2) is 18.2 Å². The van der Waals surface area contributed by atoms with Gasteiger partial charge in [-0.05, 0) is 30.7 Å². The Labute approximate surface area is 100 Å². The predicted octanol–water partition coefficient (Wildman–Crippen LogP) is 2.24. The molecule has 92 valence electrons. The minimum absolute atomic E-state index is 0.224. The third-order valence-electron chi connectivity index (χ3n) is 3.32. The summed E-state index contributed by atoms with van der Waals surface area (Å²) < 4.78 is 15.1. The quantitative estimate of drug-likeness (QED) is 0.883. The van der Waals surface area contributed by atoms with E-state index in [9.17, 15) is 4.39 Å². The number of hydrogen-bond donors (Lipinski definition) is 1. The Bertz CT molecular complexity index is 515. The number of halogens is 1. The van der Waals surface area contributed by atoms with Crippen LogP contribution in [0, 0.1) is 11.7 Å². The summed E-state index contributed by atoms with van der Waals surface area (Å²) in [7, 11) is 1.92. The molecule has 0 aliphatic carbocycles. The zero-order valence-electron chi connectivity index (χ0n) is 10.3. The van der Waals surface area contributed by atoms with Gasteiger partial charge in [0.1, 0.15) is 11.6 Å². The standard InChI is InChI=1S/C13H18FN3/c1-3-9(8-15)6-13-16-11-5-4-10(14)7-12(11)17(13)2/h4-5,7,9H,3,6,8,15H2,1-2H3. The molecule has 2 rings (SSSR count). The lowest BCUT2D eigenvalue weighted by atomic mass is 10.0. The van der Waals surface area contributed by atoms with E-state index >= 15 is 0 Å². The fourth-order valence-corrected chi connectivity index (χ4v) is 2.05. The summed E-state index contributed by atoms with van der Waals surface area (Å²) in [5.74, 6) is 1.19. The summed E-state index contributed by atoms with van der Waals surface area (Å²) in [4.78, 5) is 4.53. The highest BCUT2D eigenvalue weighted by atomic mass is 19.1. The Morgan fingerprint density at radius 3 is 2.88 bits per heavy atom. The molecule has 17 heavy (non-hydrogen) atoms. The molecular formula is C13H18FN3. The van der Waals surface area contributed by atoms with Gasteiger partial charge in [0.15, 0.2) is 0 Å². The number of benzene rings is 1. The maximum Gasteiger partial charge on any atom is 0.125 e. The number of imidazole rings is 1. The number of aromatic nitrogens is 2. The molecular weight excluding hydrogens is 217 g/mol. The Morgan fingerprint density at radius 1 is 1.47 bits per heavy atom. The van der Waals surface area contributed by atoms with Gasteiger partial charge in [-0.2, -0.15) is 0 Å². The molecule has 1 atom stereocenters. The topological polar surface area (TPSA) is 43.8 Å². The summed E-state index contributed by atoms with van der Waals surface area (Å²) in [5, 5.41) is 0. The van der Waals surface area contributed by atoms with Crippen LogP contribution in [0.1, 0.15) is 19.2 Å². The van der Waals surface area contributed by atoms with Gasteiger partial charge in [-0.25, -0.2) is 9.37 Å². The molecule has 0 saturated heterocycles. The molecule has 0 saturated carbocycles.